The minimum Gasteiger partial charge on any atom is -0.306 e. The maximum absolute atomic E-state index is 15.9. The summed E-state index contributed by atoms with van der Waals surface area (Å²) < 4.78 is 73.3. The molecule has 1 fully saturated rings. The zero-order valence-electron chi connectivity index (χ0n) is 20.8. The fourth-order valence-electron chi connectivity index (χ4n) is 4.64. The van der Waals surface area contributed by atoms with Crippen molar-refractivity contribution < 1.29 is 21.6 Å². The maximum atomic E-state index is 15.9. The van der Waals surface area contributed by atoms with Gasteiger partial charge in [0.25, 0.3) is 10.0 Å². The van der Waals surface area contributed by atoms with E-state index in [0.717, 1.165) is 43.3 Å². The quantitative estimate of drug-likeness (QED) is 0.353. The Morgan fingerprint density at radius 1 is 1.00 bits per heavy atom. The molecule has 11 heteroatoms. The van der Waals surface area contributed by atoms with E-state index in [2.05, 4.69) is 21.7 Å². The Morgan fingerprint density at radius 3 is 2.50 bits per heavy atom. The summed E-state index contributed by atoms with van der Waals surface area (Å²) >= 11 is 0. The summed E-state index contributed by atoms with van der Waals surface area (Å²) in [4.78, 5) is 5.57. The molecule has 5 rings (SSSR count). The van der Waals surface area contributed by atoms with Crippen molar-refractivity contribution in [3.05, 3.63) is 84.1 Å². The number of rotatable bonds is 6. The molecule has 38 heavy (non-hydrogen) atoms. The molecule has 2 aromatic carbocycles. The van der Waals surface area contributed by atoms with Crippen LogP contribution in [0.4, 0.5) is 18.9 Å². The maximum Gasteiger partial charge on any atom is 0.265 e. The molecule has 0 bridgehead atoms. The van der Waals surface area contributed by atoms with E-state index in [-0.39, 0.29) is 11.6 Å². The number of nitrogens with one attached hydrogen (secondary N) is 1. The predicted molar refractivity (Wildman–Crippen MR) is 139 cm³/mol. The van der Waals surface area contributed by atoms with Crippen molar-refractivity contribution in [2.24, 2.45) is 0 Å². The molecule has 0 amide bonds. The normalized spacial score (nSPS) is 15.1. The Labute approximate surface area is 219 Å². The molecule has 1 aliphatic rings. The summed E-state index contributed by atoms with van der Waals surface area (Å²) in [6, 6.07) is 10.1. The van der Waals surface area contributed by atoms with Gasteiger partial charge in [-0.15, -0.1) is 0 Å². The van der Waals surface area contributed by atoms with Gasteiger partial charge in [-0.05, 0) is 87.9 Å². The van der Waals surface area contributed by atoms with Crippen LogP contribution < -0.4 is 4.72 Å². The molecule has 0 saturated carbocycles. The fraction of sp³-hybridized carbons (Fsp3) is 0.259. The zero-order chi connectivity index (χ0) is 27.0. The number of halogens is 3. The zero-order valence-corrected chi connectivity index (χ0v) is 21.6. The van der Waals surface area contributed by atoms with E-state index in [1.807, 2.05) is 29.9 Å². The largest absolute Gasteiger partial charge is 0.306 e. The van der Waals surface area contributed by atoms with Crippen molar-refractivity contribution in [3.63, 3.8) is 0 Å². The topological polar surface area (TPSA) is 80.1 Å². The van der Waals surface area contributed by atoms with Crippen molar-refractivity contribution in [2.75, 3.05) is 24.9 Å². The summed E-state index contributed by atoms with van der Waals surface area (Å²) in [5.41, 5.74) is 2.24. The van der Waals surface area contributed by atoms with Gasteiger partial charge in [-0.2, -0.15) is 5.10 Å². The highest BCUT2D eigenvalue weighted by Crippen LogP contribution is 2.37. The first-order valence-corrected chi connectivity index (χ1v) is 13.6. The Hall–Kier alpha value is -3.70. The SMILES string of the molecule is Cc1cc(-c2cn(C3CCN(C)CC3)nc2-c2cccc(NS(=O)(=O)c3cc(F)ccc3F)c2F)ccn1. The Bertz CT molecular complexity index is 1600. The lowest BCUT2D eigenvalue weighted by Gasteiger charge is -2.29. The van der Waals surface area contributed by atoms with E-state index in [1.54, 1.807) is 6.20 Å². The Kier molecular flexibility index (Phi) is 6.97. The van der Waals surface area contributed by atoms with Gasteiger partial charge in [0.15, 0.2) is 5.82 Å². The standard InChI is InChI=1S/C27H26F3N5O2S/c1-17-14-18(8-11-31-17)22-16-35(20-9-12-34(2)13-10-20)32-27(22)21-4-3-5-24(26(21)30)33-38(36,37)25-15-19(28)6-7-23(25)29/h3-8,11,14-16,20,33H,9-10,12-13H2,1-2H3. The van der Waals surface area contributed by atoms with Gasteiger partial charge in [0.1, 0.15) is 22.2 Å². The molecule has 0 spiro atoms. The number of hydrogen-bond donors (Lipinski definition) is 1. The molecular weight excluding hydrogens is 515 g/mol. The molecule has 4 aromatic rings. The van der Waals surface area contributed by atoms with Gasteiger partial charge in [0, 0.05) is 29.2 Å². The molecule has 1 saturated heterocycles. The lowest BCUT2D eigenvalue weighted by Crippen LogP contribution is -2.31. The summed E-state index contributed by atoms with van der Waals surface area (Å²) in [6.45, 7) is 3.67. The number of aryl methyl sites for hydroxylation is 1. The van der Waals surface area contributed by atoms with Gasteiger partial charge in [-0.1, -0.05) is 6.07 Å². The van der Waals surface area contributed by atoms with E-state index in [9.17, 15) is 17.2 Å². The number of sulfonamides is 1. The number of nitrogens with zero attached hydrogens (tertiary/aromatic N) is 4. The fourth-order valence-corrected chi connectivity index (χ4v) is 5.79. The first-order chi connectivity index (χ1) is 18.1. The van der Waals surface area contributed by atoms with E-state index in [0.29, 0.717) is 23.4 Å². The molecule has 0 radical (unpaired) electrons. The summed E-state index contributed by atoms with van der Waals surface area (Å²) in [5.74, 6) is -2.96. The molecule has 7 nitrogen and oxygen atoms in total. The number of likely N-dealkylation sites (tertiary alicyclic amines) is 1. The number of anilines is 1. The molecule has 1 aliphatic heterocycles. The van der Waals surface area contributed by atoms with Gasteiger partial charge in [0.2, 0.25) is 0 Å². The molecule has 0 unspecified atom stereocenters. The van der Waals surface area contributed by atoms with Crippen LogP contribution in [0.3, 0.4) is 0 Å². The summed E-state index contributed by atoms with van der Waals surface area (Å²) in [5, 5.41) is 4.77. The van der Waals surface area contributed by atoms with Crippen LogP contribution in [-0.4, -0.2) is 48.2 Å². The highest BCUT2D eigenvalue weighted by Gasteiger charge is 2.26. The molecule has 2 aromatic heterocycles. The number of aromatic nitrogens is 3. The first kappa shape index (κ1) is 25.9. The number of piperidine rings is 1. The number of pyridine rings is 1. The molecule has 0 aliphatic carbocycles. The Balaban J connectivity index is 1.58. The van der Waals surface area contributed by atoms with Crippen LogP contribution >= 0.6 is 0 Å². The van der Waals surface area contributed by atoms with E-state index in [4.69, 9.17) is 5.10 Å². The van der Waals surface area contributed by atoms with Crippen LogP contribution in [0, 0.1) is 24.4 Å². The van der Waals surface area contributed by atoms with Crippen molar-refractivity contribution in [1.82, 2.24) is 19.7 Å². The van der Waals surface area contributed by atoms with Crippen LogP contribution in [0.25, 0.3) is 22.4 Å². The minimum atomic E-state index is -4.62. The highest BCUT2D eigenvalue weighted by molar-refractivity contribution is 7.92. The minimum absolute atomic E-state index is 0.0704. The summed E-state index contributed by atoms with van der Waals surface area (Å²) in [6.07, 6.45) is 5.32. The van der Waals surface area contributed by atoms with Gasteiger partial charge < -0.3 is 4.90 Å². The average Bonchev–Trinajstić information content (AvgIpc) is 3.32. The van der Waals surface area contributed by atoms with Gasteiger partial charge in [-0.25, -0.2) is 21.6 Å². The van der Waals surface area contributed by atoms with Crippen LogP contribution in [0.15, 0.2) is 65.8 Å². The van der Waals surface area contributed by atoms with Crippen LogP contribution in [-0.2, 0) is 10.0 Å². The third-order valence-corrected chi connectivity index (χ3v) is 8.06. The lowest BCUT2D eigenvalue weighted by atomic mass is 10.0. The van der Waals surface area contributed by atoms with Gasteiger partial charge in [-0.3, -0.25) is 14.4 Å². The smallest absolute Gasteiger partial charge is 0.265 e. The second kappa shape index (κ2) is 10.2. The van der Waals surface area contributed by atoms with Crippen molar-refractivity contribution >= 4 is 15.7 Å². The van der Waals surface area contributed by atoms with Gasteiger partial charge >= 0.3 is 0 Å². The van der Waals surface area contributed by atoms with Crippen LogP contribution in [0.5, 0.6) is 0 Å². The lowest BCUT2D eigenvalue weighted by molar-refractivity contribution is 0.212. The average molecular weight is 542 g/mol. The van der Waals surface area contributed by atoms with E-state index in [1.165, 1.54) is 18.2 Å². The molecular formula is C27H26F3N5O2S. The monoisotopic (exact) mass is 541 g/mol. The van der Waals surface area contributed by atoms with Gasteiger partial charge in [0.05, 0.1) is 11.7 Å². The van der Waals surface area contributed by atoms with Crippen LogP contribution in [0.2, 0.25) is 0 Å². The molecule has 1 N–H and O–H groups in total. The first-order valence-electron chi connectivity index (χ1n) is 12.1. The highest BCUT2D eigenvalue weighted by atomic mass is 32.2. The third-order valence-electron chi connectivity index (χ3n) is 6.68. The number of benzene rings is 2. The van der Waals surface area contributed by atoms with Crippen molar-refractivity contribution in [3.8, 4) is 22.4 Å². The Morgan fingerprint density at radius 2 is 1.76 bits per heavy atom. The molecule has 198 valence electrons. The van der Waals surface area contributed by atoms with Crippen LogP contribution in [0.1, 0.15) is 24.6 Å². The van der Waals surface area contributed by atoms with Crippen molar-refractivity contribution in [2.45, 2.75) is 30.7 Å². The third kappa shape index (κ3) is 5.16. The molecule has 0 atom stereocenters. The second-order valence-corrected chi connectivity index (χ2v) is 11.1. The van der Waals surface area contributed by atoms with E-state index >= 15 is 4.39 Å². The molecule has 3 heterocycles. The second-order valence-electron chi connectivity index (χ2n) is 9.44. The van der Waals surface area contributed by atoms with Crippen molar-refractivity contribution in [1.29, 1.82) is 0 Å². The van der Waals surface area contributed by atoms with E-state index < -0.39 is 38.1 Å². The number of hydrogen-bond acceptors (Lipinski definition) is 5. The summed E-state index contributed by atoms with van der Waals surface area (Å²) in [7, 11) is -2.55. The predicted octanol–water partition coefficient (Wildman–Crippen LogP) is 5.41.